The number of carboxylic acid groups (broad SMARTS) is 1. The Balaban J connectivity index is 1.35. The Hall–Kier alpha value is -3.35. The summed E-state index contributed by atoms with van der Waals surface area (Å²) in [7, 11) is 0. The molecule has 35 heavy (non-hydrogen) atoms. The third-order valence-corrected chi connectivity index (χ3v) is 7.39. The summed E-state index contributed by atoms with van der Waals surface area (Å²) in [5.74, 6) is -1.27. The van der Waals surface area contributed by atoms with Crippen molar-refractivity contribution >= 4 is 18.0 Å². The Morgan fingerprint density at radius 1 is 1.06 bits per heavy atom. The molecule has 1 aliphatic carbocycles. The largest absolute Gasteiger partial charge is 0.481 e. The van der Waals surface area contributed by atoms with E-state index >= 15 is 0 Å². The lowest BCUT2D eigenvalue weighted by atomic mass is 9.91. The van der Waals surface area contributed by atoms with Crippen molar-refractivity contribution in [3.63, 3.8) is 0 Å². The molecule has 0 radical (unpaired) electrons. The third-order valence-electron chi connectivity index (χ3n) is 7.39. The summed E-state index contributed by atoms with van der Waals surface area (Å²) in [6.07, 6.45) is 0.533. The van der Waals surface area contributed by atoms with E-state index in [0.717, 1.165) is 11.1 Å². The van der Waals surface area contributed by atoms with Gasteiger partial charge in [0.25, 0.3) is 0 Å². The number of hydrogen-bond donors (Lipinski definition) is 2. The van der Waals surface area contributed by atoms with E-state index in [1.54, 1.807) is 4.90 Å². The number of rotatable bonds is 7. The van der Waals surface area contributed by atoms with Crippen LogP contribution in [0.2, 0.25) is 0 Å². The van der Waals surface area contributed by atoms with Gasteiger partial charge < -0.3 is 20.1 Å². The van der Waals surface area contributed by atoms with Gasteiger partial charge in [-0.05, 0) is 47.9 Å². The van der Waals surface area contributed by atoms with Crippen LogP contribution in [0.15, 0.2) is 48.5 Å². The van der Waals surface area contributed by atoms with Gasteiger partial charge in [-0.3, -0.25) is 9.59 Å². The molecule has 1 saturated heterocycles. The summed E-state index contributed by atoms with van der Waals surface area (Å²) in [5.41, 5.74) is 4.64. The first-order chi connectivity index (χ1) is 16.8. The van der Waals surface area contributed by atoms with Crippen molar-refractivity contribution in [2.75, 3.05) is 13.2 Å². The fourth-order valence-electron chi connectivity index (χ4n) is 5.32. The topological polar surface area (TPSA) is 95.9 Å². The van der Waals surface area contributed by atoms with Gasteiger partial charge in [0.05, 0.1) is 5.92 Å². The molecular weight excluding hydrogens is 444 g/mol. The smallest absolute Gasteiger partial charge is 0.407 e. The maximum absolute atomic E-state index is 13.0. The van der Waals surface area contributed by atoms with Crippen LogP contribution in [-0.4, -0.2) is 53.2 Å². The Morgan fingerprint density at radius 2 is 1.66 bits per heavy atom. The molecule has 0 spiro atoms. The molecular formula is C28H34N2O5. The monoisotopic (exact) mass is 478 g/mol. The van der Waals surface area contributed by atoms with Gasteiger partial charge in [0.2, 0.25) is 5.91 Å². The summed E-state index contributed by atoms with van der Waals surface area (Å²) in [4.78, 5) is 38.8. The number of carboxylic acids is 1. The van der Waals surface area contributed by atoms with Gasteiger partial charge in [0, 0.05) is 31.0 Å². The number of likely N-dealkylation sites (tertiary alicyclic amines) is 1. The summed E-state index contributed by atoms with van der Waals surface area (Å²) in [6.45, 7) is 6.45. The highest BCUT2D eigenvalue weighted by Crippen LogP contribution is 2.44. The zero-order valence-corrected chi connectivity index (χ0v) is 20.6. The van der Waals surface area contributed by atoms with Crippen LogP contribution in [0.25, 0.3) is 11.1 Å². The average molecular weight is 479 g/mol. The lowest BCUT2D eigenvalue weighted by Gasteiger charge is -2.37. The molecule has 0 bridgehead atoms. The van der Waals surface area contributed by atoms with Gasteiger partial charge in [-0.15, -0.1) is 0 Å². The minimum absolute atomic E-state index is 0.0244. The molecule has 0 saturated carbocycles. The minimum atomic E-state index is -0.805. The normalized spacial score (nSPS) is 20.2. The van der Waals surface area contributed by atoms with Crippen LogP contribution in [0.3, 0.4) is 0 Å². The van der Waals surface area contributed by atoms with Crippen molar-refractivity contribution in [1.82, 2.24) is 10.2 Å². The third kappa shape index (κ3) is 5.34. The van der Waals surface area contributed by atoms with Crippen LogP contribution in [0.1, 0.15) is 57.1 Å². The first-order valence-electron chi connectivity index (χ1n) is 12.4. The van der Waals surface area contributed by atoms with Gasteiger partial charge in [-0.2, -0.15) is 0 Å². The SMILES string of the molecule is CC(C)C(CC(=O)N1CCC(C(=O)O)CC1C)NC(=O)OCC1c2ccccc2-c2ccccc21. The first-order valence-corrected chi connectivity index (χ1v) is 12.4. The van der Waals surface area contributed by atoms with E-state index in [-0.39, 0.29) is 42.9 Å². The van der Waals surface area contributed by atoms with E-state index in [1.165, 1.54) is 11.1 Å². The summed E-state index contributed by atoms with van der Waals surface area (Å²) >= 11 is 0. The molecule has 1 heterocycles. The molecule has 3 atom stereocenters. The number of nitrogens with zero attached hydrogens (tertiary/aromatic N) is 1. The van der Waals surface area contributed by atoms with E-state index in [0.29, 0.717) is 19.4 Å². The van der Waals surface area contributed by atoms with Crippen LogP contribution in [0.5, 0.6) is 0 Å². The highest BCUT2D eigenvalue weighted by molar-refractivity contribution is 5.80. The fourth-order valence-corrected chi connectivity index (χ4v) is 5.32. The van der Waals surface area contributed by atoms with Crippen molar-refractivity contribution < 1.29 is 24.2 Å². The highest BCUT2D eigenvalue weighted by atomic mass is 16.5. The zero-order valence-electron chi connectivity index (χ0n) is 20.6. The molecule has 7 nitrogen and oxygen atoms in total. The highest BCUT2D eigenvalue weighted by Gasteiger charge is 2.34. The Kier molecular flexibility index (Phi) is 7.43. The molecule has 186 valence electrons. The van der Waals surface area contributed by atoms with E-state index < -0.39 is 18.0 Å². The number of carbonyl (C=O) groups excluding carboxylic acids is 2. The predicted molar refractivity (Wildman–Crippen MR) is 133 cm³/mol. The molecule has 0 aromatic heterocycles. The first kappa shape index (κ1) is 24.8. The van der Waals surface area contributed by atoms with Crippen LogP contribution < -0.4 is 5.32 Å². The van der Waals surface area contributed by atoms with Gasteiger partial charge in [0.1, 0.15) is 6.61 Å². The molecule has 4 rings (SSSR count). The van der Waals surface area contributed by atoms with E-state index in [1.807, 2.05) is 45.0 Å². The Bertz CT molecular complexity index is 1050. The van der Waals surface area contributed by atoms with Gasteiger partial charge in [0.15, 0.2) is 0 Å². The Labute approximate surface area is 206 Å². The fraction of sp³-hybridized carbons (Fsp3) is 0.464. The van der Waals surface area contributed by atoms with Crippen molar-refractivity contribution in [2.45, 2.75) is 58.0 Å². The molecule has 2 N–H and O–H groups in total. The lowest BCUT2D eigenvalue weighted by molar-refractivity contribution is -0.147. The maximum Gasteiger partial charge on any atom is 0.407 e. The van der Waals surface area contributed by atoms with Crippen LogP contribution in [0, 0.1) is 11.8 Å². The maximum atomic E-state index is 13.0. The molecule has 1 fully saturated rings. The number of fused-ring (bicyclic) bond motifs is 3. The summed E-state index contributed by atoms with van der Waals surface area (Å²) < 4.78 is 5.67. The number of hydrogen-bond acceptors (Lipinski definition) is 4. The molecule has 2 amide bonds. The second-order valence-corrected chi connectivity index (χ2v) is 10.0. The molecule has 3 unspecified atom stereocenters. The molecule has 2 aromatic carbocycles. The lowest BCUT2D eigenvalue weighted by Crippen LogP contribution is -2.49. The Morgan fingerprint density at radius 3 is 2.20 bits per heavy atom. The number of alkyl carbamates (subject to hydrolysis) is 1. The second-order valence-electron chi connectivity index (χ2n) is 10.0. The van der Waals surface area contributed by atoms with Crippen molar-refractivity contribution in [3.8, 4) is 11.1 Å². The predicted octanol–water partition coefficient (Wildman–Crippen LogP) is 4.65. The number of benzene rings is 2. The summed E-state index contributed by atoms with van der Waals surface area (Å²) in [5, 5.41) is 12.2. The number of amides is 2. The number of ether oxygens (including phenoxy) is 1. The minimum Gasteiger partial charge on any atom is -0.481 e. The molecule has 2 aliphatic rings. The van der Waals surface area contributed by atoms with E-state index in [4.69, 9.17) is 4.74 Å². The van der Waals surface area contributed by atoms with Crippen molar-refractivity contribution in [2.24, 2.45) is 11.8 Å². The van der Waals surface area contributed by atoms with Crippen LogP contribution in [0.4, 0.5) is 4.79 Å². The van der Waals surface area contributed by atoms with Crippen molar-refractivity contribution in [3.05, 3.63) is 59.7 Å². The number of piperidine rings is 1. The van der Waals surface area contributed by atoms with E-state index in [9.17, 15) is 19.5 Å². The second kappa shape index (κ2) is 10.5. The summed E-state index contributed by atoms with van der Waals surface area (Å²) in [6, 6.07) is 15.8. The van der Waals surface area contributed by atoms with Crippen LogP contribution >= 0.6 is 0 Å². The quantitative estimate of drug-likeness (QED) is 0.604. The van der Waals surface area contributed by atoms with Crippen LogP contribution in [-0.2, 0) is 14.3 Å². The number of aliphatic carboxylic acids is 1. The average Bonchev–Trinajstić information content (AvgIpc) is 3.15. The van der Waals surface area contributed by atoms with Gasteiger partial charge in [-0.1, -0.05) is 62.4 Å². The van der Waals surface area contributed by atoms with Crippen molar-refractivity contribution in [1.29, 1.82) is 0 Å². The van der Waals surface area contributed by atoms with E-state index in [2.05, 4.69) is 29.6 Å². The van der Waals surface area contributed by atoms with Gasteiger partial charge >= 0.3 is 12.1 Å². The molecule has 2 aromatic rings. The van der Waals surface area contributed by atoms with Gasteiger partial charge in [-0.25, -0.2) is 4.79 Å². The molecule has 7 heteroatoms. The standard InChI is InChI=1S/C28H34N2O5/c1-17(2)25(15-26(31)30-13-12-19(27(32)33)14-18(30)3)29-28(34)35-16-24-22-10-6-4-8-20(22)21-9-5-7-11-23(21)24/h4-11,17-19,24-25H,12-16H2,1-3H3,(H,29,34)(H,32,33). The number of nitrogens with one attached hydrogen (secondary N) is 1. The zero-order chi connectivity index (χ0) is 25.1. The number of carbonyl (C=O) groups is 3. The molecule has 1 aliphatic heterocycles.